The van der Waals surface area contributed by atoms with E-state index in [0.717, 1.165) is 37.4 Å². The molecule has 0 bridgehead atoms. The van der Waals surface area contributed by atoms with Gasteiger partial charge in [-0.1, -0.05) is 6.07 Å². The Morgan fingerprint density at radius 3 is 2.77 bits per heavy atom. The van der Waals surface area contributed by atoms with Crippen LogP contribution in [0.4, 0.5) is 5.82 Å². The predicted molar refractivity (Wildman–Crippen MR) is 81.6 cm³/mol. The highest BCUT2D eigenvalue weighted by atomic mass is 16.5. The van der Waals surface area contributed by atoms with Gasteiger partial charge in [0.25, 0.3) is 0 Å². The first-order valence-electron chi connectivity index (χ1n) is 7.32. The summed E-state index contributed by atoms with van der Waals surface area (Å²) in [6.45, 7) is 3.61. The van der Waals surface area contributed by atoms with Gasteiger partial charge in [-0.2, -0.15) is 5.26 Å². The van der Waals surface area contributed by atoms with E-state index in [9.17, 15) is 0 Å². The first-order chi connectivity index (χ1) is 10.7. The van der Waals surface area contributed by atoms with E-state index in [1.165, 1.54) is 0 Å². The van der Waals surface area contributed by atoms with Crippen molar-refractivity contribution in [1.82, 2.24) is 15.0 Å². The average molecular weight is 295 g/mol. The van der Waals surface area contributed by atoms with Crippen LogP contribution in [0.25, 0.3) is 0 Å². The number of rotatable bonds is 3. The number of piperidine rings is 1. The number of aryl methyl sites for hydroxylation is 1. The molecular weight excluding hydrogens is 278 g/mol. The third-order valence-corrected chi connectivity index (χ3v) is 3.64. The van der Waals surface area contributed by atoms with Crippen LogP contribution in [0.3, 0.4) is 0 Å². The molecule has 0 radical (unpaired) electrons. The number of nitrogens with zero attached hydrogens (tertiary/aromatic N) is 5. The minimum Gasteiger partial charge on any atom is -0.473 e. The molecule has 6 nitrogen and oxygen atoms in total. The van der Waals surface area contributed by atoms with Crippen LogP contribution >= 0.6 is 0 Å². The Bertz CT molecular complexity index is 689. The Morgan fingerprint density at radius 1 is 1.23 bits per heavy atom. The molecule has 0 amide bonds. The van der Waals surface area contributed by atoms with Gasteiger partial charge < -0.3 is 9.64 Å². The number of pyridine rings is 1. The SMILES string of the molecule is Cc1cncc(OC2CCN(c3cccc(C#N)n3)CC2)n1. The lowest BCUT2D eigenvalue weighted by atomic mass is 10.1. The highest BCUT2D eigenvalue weighted by Crippen LogP contribution is 2.21. The summed E-state index contributed by atoms with van der Waals surface area (Å²) >= 11 is 0. The molecule has 3 heterocycles. The Hall–Kier alpha value is -2.68. The molecule has 1 aliphatic rings. The van der Waals surface area contributed by atoms with E-state index in [4.69, 9.17) is 10.00 Å². The third-order valence-electron chi connectivity index (χ3n) is 3.64. The maximum Gasteiger partial charge on any atom is 0.232 e. The third kappa shape index (κ3) is 3.31. The van der Waals surface area contributed by atoms with Crippen LogP contribution in [0.15, 0.2) is 30.6 Å². The summed E-state index contributed by atoms with van der Waals surface area (Å²) < 4.78 is 5.89. The Morgan fingerprint density at radius 2 is 2.05 bits per heavy atom. The van der Waals surface area contributed by atoms with Crippen LogP contribution < -0.4 is 9.64 Å². The summed E-state index contributed by atoms with van der Waals surface area (Å²) in [6, 6.07) is 7.60. The molecule has 2 aromatic rings. The van der Waals surface area contributed by atoms with Gasteiger partial charge in [-0.15, -0.1) is 0 Å². The fraction of sp³-hybridized carbons (Fsp3) is 0.375. The number of hydrogen-bond donors (Lipinski definition) is 0. The topological polar surface area (TPSA) is 74.9 Å². The quantitative estimate of drug-likeness (QED) is 0.863. The van der Waals surface area contributed by atoms with E-state index in [0.29, 0.717) is 11.6 Å². The molecule has 1 aliphatic heterocycles. The second-order valence-electron chi connectivity index (χ2n) is 5.30. The lowest BCUT2D eigenvalue weighted by Crippen LogP contribution is -2.38. The van der Waals surface area contributed by atoms with Gasteiger partial charge in [-0.25, -0.2) is 9.97 Å². The van der Waals surface area contributed by atoms with Crippen molar-refractivity contribution in [1.29, 1.82) is 5.26 Å². The van der Waals surface area contributed by atoms with Gasteiger partial charge >= 0.3 is 0 Å². The fourth-order valence-electron chi connectivity index (χ4n) is 2.53. The lowest BCUT2D eigenvalue weighted by Gasteiger charge is -2.32. The highest BCUT2D eigenvalue weighted by molar-refractivity contribution is 5.42. The van der Waals surface area contributed by atoms with Crippen LogP contribution in [0.1, 0.15) is 24.2 Å². The Balaban J connectivity index is 1.59. The molecule has 0 saturated carbocycles. The molecule has 0 aromatic carbocycles. The minimum absolute atomic E-state index is 0.145. The van der Waals surface area contributed by atoms with Gasteiger partial charge in [-0.3, -0.25) is 4.98 Å². The molecule has 2 aromatic heterocycles. The highest BCUT2D eigenvalue weighted by Gasteiger charge is 2.22. The summed E-state index contributed by atoms with van der Waals surface area (Å²) in [6.07, 6.45) is 5.30. The maximum atomic E-state index is 8.93. The van der Waals surface area contributed by atoms with Crippen LogP contribution in [0, 0.1) is 18.3 Å². The standard InChI is InChI=1S/C16H17N5O/c1-12-10-18-11-16(19-12)22-14-5-7-21(8-6-14)15-4-2-3-13(9-17)20-15/h2-4,10-11,14H,5-8H2,1H3. The van der Waals surface area contributed by atoms with Crippen molar-refractivity contribution < 1.29 is 4.74 Å². The smallest absolute Gasteiger partial charge is 0.232 e. The lowest BCUT2D eigenvalue weighted by molar-refractivity contribution is 0.163. The zero-order valence-electron chi connectivity index (χ0n) is 12.4. The van der Waals surface area contributed by atoms with E-state index >= 15 is 0 Å². The summed E-state index contributed by atoms with van der Waals surface area (Å²) in [5.41, 5.74) is 1.30. The summed E-state index contributed by atoms with van der Waals surface area (Å²) in [4.78, 5) is 14.9. The van der Waals surface area contributed by atoms with Gasteiger partial charge in [0.15, 0.2) is 0 Å². The van der Waals surface area contributed by atoms with Crippen molar-refractivity contribution in [3.8, 4) is 11.9 Å². The molecule has 22 heavy (non-hydrogen) atoms. The number of ether oxygens (including phenoxy) is 1. The maximum absolute atomic E-state index is 8.93. The van der Waals surface area contributed by atoms with Crippen LogP contribution in [-0.4, -0.2) is 34.1 Å². The summed E-state index contributed by atoms with van der Waals surface area (Å²) in [5.74, 6) is 1.44. The zero-order chi connectivity index (χ0) is 15.4. The molecule has 0 N–H and O–H groups in total. The number of anilines is 1. The Labute approximate surface area is 129 Å². The monoisotopic (exact) mass is 295 g/mol. The second kappa shape index (κ2) is 6.39. The van der Waals surface area contributed by atoms with Gasteiger partial charge in [0.1, 0.15) is 23.7 Å². The molecular formula is C16H17N5O. The van der Waals surface area contributed by atoms with E-state index < -0.39 is 0 Å². The summed E-state index contributed by atoms with van der Waals surface area (Å²) in [7, 11) is 0. The average Bonchev–Trinajstić information content (AvgIpc) is 2.56. The van der Waals surface area contributed by atoms with Crippen molar-refractivity contribution in [2.75, 3.05) is 18.0 Å². The largest absolute Gasteiger partial charge is 0.473 e. The van der Waals surface area contributed by atoms with Gasteiger partial charge in [0.2, 0.25) is 5.88 Å². The van der Waals surface area contributed by atoms with Crippen molar-refractivity contribution in [3.63, 3.8) is 0 Å². The normalized spacial score (nSPS) is 15.4. The predicted octanol–water partition coefficient (Wildman–Crippen LogP) is 2.10. The van der Waals surface area contributed by atoms with Crippen molar-refractivity contribution in [2.45, 2.75) is 25.9 Å². The summed E-state index contributed by atoms with van der Waals surface area (Å²) in [5, 5.41) is 8.93. The molecule has 0 aliphatic carbocycles. The number of nitriles is 1. The number of hydrogen-bond acceptors (Lipinski definition) is 6. The molecule has 0 spiro atoms. The van der Waals surface area contributed by atoms with E-state index in [-0.39, 0.29) is 6.10 Å². The van der Waals surface area contributed by atoms with Crippen molar-refractivity contribution in [2.24, 2.45) is 0 Å². The van der Waals surface area contributed by atoms with Gasteiger partial charge in [0, 0.05) is 32.1 Å². The van der Waals surface area contributed by atoms with Crippen LogP contribution in [0.5, 0.6) is 5.88 Å². The van der Waals surface area contributed by atoms with Crippen LogP contribution in [0.2, 0.25) is 0 Å². The van der Waals surface area contributed by atoms with Gasteiger partial charge in [0.05, 0.1) is 11.9 Å². The molecule has 1 fully saturated rings. The van der Waals surface area contributed by atoms with E-state index in [1.54, 1.807) is 18.5 Å². The minimum atomic E-state index is 0.145. The first-order valence-corrected chi connectivity index (χ1v) is 7.32. The molecule has 6 heteroatoms. The van der Waals surface area contributed by atoms with Crippen molar-refractivity contribution >= 4 is 5.82 Å². The second-order valence-corrected chi connectivity index (χ2v) is 5.30. The Kier molecular flexibility index (Phi) is 4.15. The molecule has 0 atom stereocenters. The van der Waals surface area contributed by atoms with Gasteiger partial charge in [-0.05, 0) is 19.1 Å². The van der Waals surface area contributed by atoms with E-state index in [1.807, 2.05) is 19.1 Å². The molecule has 3 rings (SSSR count). The zero-order valence-corrected chi connectivity index (χ0v) is 12.4. The number of aromatic nitrogens is 3. The molecule has 1 saturated heterocycles. The van der Waals surface area contributed by atoms with Crippen molar-refractivity contribution in [3.05, 3.63) is 42.0 Å². The first kappa shape index (κ1) is 14.3. The van der Waals surface area contributed by atoms with E-state index in [2.05, 4.69) is 25.9 Å². The van der Waals surface area contributed by atoms with Crippen LogP contribution in [-0.2, 0) is 0 Å². The molecule has 0 unspecified atom stereocenters. The molecule has 112 valence electrons. The fourth-order valence-corrected chi connectivity index (χ4v) is 2.53.